The largest absolute Gasteiger partial charge is 0.297 e. The number of amides is 2. The highest BCUT2D eigenvalue weighted by Crippen LogP contribution is 2.47. The highest BCUT2D eigenvalue weighted by molar-refractivity contribution is 6.05. The van der Waals surface area contributed by atoms with Crippen molar-refractivity contribution in [2.75, 3.05) is 6.54 Å². The Labute approximate surface area is 124 Å². The van der Waals surface area contributed by atoms with Gasteiger partial charge in [0, 0.05) is 18.8 Å². The van der Waals surface area contributed by atoms with Gasteiger partial charge in [-0.15, -0.1) is 0 Å². The van der Waals surface area contributed by atoms with Crippen LogP contribution in [0.4, 0.5) is 0 Å². The summed E-state index contributed by atoms with van der Waals surface area (Å²) in [5.74, 6) is -0.430. The summed E-state index contributed by atoms with van der Waals surface area (Å²) in [7, 11) is 0. The predicted octanol–water partition coefficient (Wildman–Crippen LogP) is 2.07. The number of ketones is 1. The van der Waals surface area contributed by atoms with Crippen LogP contribution < -0.4 is 0 Å². The van der Waals surface area contributed by atoms with Gasteiger partial charge in [-0.05, 0) is 23.8 Å². The molecule has 1 aromatic rings. The van der Waals surface area contributed by atoms with Gasteiger partial charge < -0.3 is 0 Å². The zero-order chi connectivity index (χ0) is 15.0. The molecule has 1 aliphatic heterocycles. The molecule has 4 heteroatoms. The second-order valence-electron chi connectivity index (χ2n) is 6.37. The molecule has 1 aliphatic carbocycles. The SMILES string of the molecule is CC1(c2ccccc2)CC(C(=O)CN2C(=O)CCC2=O)C1. The maximum Gasteiger partial charge on any atom is 0.230 e. The van der Waals surface area contributed by atoms with Crippen LogP contribution in [-0.4, -0.2) is 29.0 Å². The number of hydrogen-bond acceptors (Lipinski definition) is 3. The van der Waals surface area contributed by atoms with Gasteiger partial charge in [-0.25, -0.2) is 0 Å². The first-order chi connectivity index (χ1) is 9.99. The lowest BCUT2D eigenvalue weighted by molar-refractivity contribution is -0.144. The molecule has 1 saturated heterocycles. The summed E-state index contributed by atoms with van der Waals surface area (Å²) in [5, 5.41) is 0. The Bertz CT molecular complexity index is 571. The summed E-state index contributed by atoms with van der Waals surface area (Å²) in [6, 6.07) is 10.2. The normalized spacial score (nSPS) is 28.6. The van der Waals surface area contributed by atoms with E-state index in [9.17, 15) is 14.4 Å². The van der Waals surface area contributed by atoms with Crippen molar-refractivity contribution in [1.29, 1.82) is 0 Å². The molecule has 0 aromatic heterocycles. The van der Waals surface area contributed by atoms with Crippen molar-refractivity contribution >= 4 is 17.6 Å². The number of hydrogen-bond donors (Lipinski definition) is 0. The number of imide groups is 1. The van der Waals surface area contributed by atoms with Crippen molar-refractivity contribution in [3.05, 3.63) is 35.9 Å². The smallest absolute Gasteiger partial charge is 0.230 e. The summed E-state index contributed by atoms with van der Waals surface area (Å²) in [4.78, 5) is 36.5. The van der Waals surface area contributed by atoms with Crippen LogP contribution in [0.1, 0.15) is 38.2 Å². The first kappa shape index (κ1) is 14.0. The molecule has 3 rings (SSSR count). The third-order valence-corrected chi connectivity index (χ3v) is 4.79. The second kappa shape index (κ2) is 5.10. The summed E-state index contributed by atoms with van der Waals surface area (Å²) in [6.45, 7) is 2.13. The number of nitrogens with zero attached hydrogens (tertiary/aromatic N) is 1. The monoisotopic (exact) mass is 285 g/mol. The van der Waals surface area contributed by atoms with Gasteiger partial charge in [-0.3, -0.25) is 19.3 Å². The Hall–Kier alpha value is -1.97. The van der Waals surface area contributed by atoms with E-state index < -0.39 is 0 Å². The minimum absolute atomic E-state index is 0.0204. The second-order valence-corrected chi connectivity index (χ2v) is 6.37. The molecule has 4 nitrogen and oxygen atoms in total. The Balaban J connectivity index is 1.60. The van der Waals surface area contributed by atoms with Gasteiger partial charge in [0.15, 0.2) is 5.78 Å². The average molecular weight is 285 g/mol. The van der Waals surface area contributed by atoms with Gasteiger partial charge in [-0.2, -0.15) is 0 Å². The van der Waals surface area contributed by atoms with Crippen molar-refractivity contribution < 1.29 is 14.4 Å². The lowest BCUT2D eigenvalue weighted by atomic mass is 9.58. The molecular weight excluding hydrogens is 266 g/mol. The zero-order valence-corrected chi connectivity index (χ0v) is 12.2. The molecule has 0 unspecified atom stereocenters. The average Bonchev–Trinajstić information content (AvgIpc) is 2.76. The van der Waals surface area contributed by atoms with Gasteiger partial charge in [0.1, 0.15) is 0 Å². The Morgan fingerprint density at radius 1 is 1.14 bits per heavy atom. The Morgan fingerprint density at radius 2 is 1.71 bits per heavy atom. The van der Waals surface area contributed by atoms with Gasteiger partial charge >= 0.3 is 0 Å². The minimum atomic E-state index is -0.210. The molecule has 1 saturated carbocycles. The fourth-order valence-corrected chi connectivity index (χ4v) is 3.42. The van der Waals surface area contributed by atoms with E-state index in [1.54, 1.807) is 0 Å². The van der Waals surface area contributed by atoms with E-state index in [4.69, 9.17) is 0 Å². The molecule has 1 aromatic carbocycles. The topological polar surface area (TPSA) is 54.5 Å². The van der Waals surface area contributed by atoms with E-state index in [1.807, 2.05) is 18.2 Å². The highest BCUT2D eigenvalue weighted by Gasteiger charge is 2.45. The Kier molecular flexibility index (Phi) is 3.40. The molecule has 2 fully saturated rings. The lowest BCUT2D eigenvalue weighted by Gasteiger charge is -2.45. The van der Waals surface area contributed by atoms with Crippen molar-refractivity contribution in [1.82, 2.24) is 4.90 Å². The summed E-state index contributed by atoms with van der Waals surface area (Å²) >= 11 is 0. The summed E-state index contributed by atoms with van der Waals surface area (Å²) in [6.07, 6.45) is 2.09. The number of benzene rings is 1. The minimum Gasteiger partial charge on any atom is -0.297 e. The maximum absolute atomic E-state index is 12.2. The third kappa shape index (κ3) is 2.50. The molecule has 110 valence electrons. The van der Waals surface area contributed by atoms with Gasteiger partial charge in [0.05, 0.1) is 6.54 Å². The van der Waals surface area contributed by atoms with Crippen LogP contribution in [0.15, 0.2) is 30.3 Å². The number of carbonyl (C=O) groups is 3. The predicted molar refractivity (Wildman–Crippen MR) is 77.5 cm³/mol. The van der Waals surface area contributed by atoms with Crippen molar-refractivity contribution in [2.45, 2.75) is 38.0 Å². The summed E-state index contributed by atoms with van der Waals surface area (Å²) in [5.41, 5.74) is 1.29. The molecule has 0 atom stereocenters. The maximum atomic E-state index is 12.2. The van der Waals surface area contributed by atoms with Gasteiger partial charge in [0.2, 0.25) is 11.8 Å². The fourth-order valence-electron chi connectivity index (χ4n) is 3.42. The van der Waals surface area contributed by atoms with Crippen LogP contribution in [0.2, 0.25) is 0 Å². The van der Waals surface area contributed by atoms with E-state index in [0.29, 0.717) is 0 Å². The first-order valence-electron chi connectivity index (χ1n) is 7.41. The molecular formula is C17H19NO3. The Morgan fingerprint density at radius 3 is 2.29 bits per heavy atom. The van der Waals surface area contributed by atoms with E-state index >= 15 is 0 Å². The number of likely N-dealkylation sites (tertiary alicyclic amines) is 1. The highest BCUT2D eigenvalue weighted by atomic mass is 16.2. The van der Waals surface area contributed by atoms with E-state index in [2.05, 4.69) is 19.1 Å². The lowest BCUT2D eigenvalue weighted by Crippen LogP contribution is -2.46. The standard InChI is InChI=1S/C17H19NO3/c1-17(13-5-3-2-4-6-13)9-12(10-17)14(19)11-18-15(20)7-8-16(18)21/h2-6,12H,7-11H2,1H3. The van der Waals surface area contributed by atoms with Crippen LogP contribution in [-0.2, 0) is 19.8 Å². The molecule has 2 aliphatic rings. The van der Waals surface area contributed by atoms with Gasteiger partial charge in [-0.1, -0.05) is 37.3 Å². The van der Waals surface area contributed by atoms with E-state index in [-0.39, 0.29) is 48.3 Å². The number of carbonyl (C=O) groups excluding carboxylic acids is 3. The number of rotatable bonds is 4. The molecule has 0 spiro atoms. The molecule has 2 amide bonds. The zero-order valence-electron chi connectivity index (χ0n) is 12.2. The fraction of sp³-hybridized carbons (Fsp3) is 0.471. The van der Waals surface area contributed by atoms with Crippen LogP contribution in [0.3, 0.4) is 0 Å². The van der Waals surface area contributed by atoms with E-state index in [1.165, 1.54) is 5.56 Å². The molecule has 1 heterocycles. The van der Waals surface area contributed by atoms with Crippen LogP contribution >= 0.6 is 0 Å². The van der Waals surface area contributed by atoms with Crippen molar-refractivity contribution in [3.63, 3.8) is 0 Å². The number of Topliss-reactive ketones (excluding diaryl/α,β-unsaturated/α-hetero) is 1. The van der Waals surface area contributed by atoms with Crippen LogP contribution in [0, 0.1) is 5.92 Å². The summed E-state index contributed by atoms with van der Waals surface area (Å²) < 4.78 is 0. The third-order valence-electron chi connectivity index (χ3n) is 4.79. The van der Waals surface area contributed by atoms with Crippen molar-refractivity contribution in [2.24, 2.45) is 5.92 Å². The van der Waals surface area contributed by atoms with Crippen LogP contribution in [0.25, 0.3) is 0 Å². The van der Waals surface area contributed by atoms with E-state index in [0.717, 1.165) is 17.7 Å². The molecule has 0 N–H and O–H groups in total. The first-order valence-corrected chi connectivity index (χ1v) is 7.41. The molecule has 21 heavy (non-hydrogen) atoms. The molecule has 0 radical (unpaired) electrons. The molecule has 0 bridgehead atoms. The van der Waals surface area contributed by atoms with Gasteiger partial charge in [0.25, 0.3) is 0 Å². The van der Waals surface area contributed by atoms with Crippen LogP contribution in [0.5, 0.6) is 0 Å². The van der Waals surface area contributed by atoms with Crippen molar-refractivity contribution in [3.8, 4) is 0 Å². The quantitative estimate of drug-likeness (QED) is 0.796.